The highest BCUT2D eigenvalue weighted by atomic mass is 15.2. The summed E-state index contributed by atoms with van der Waals surface area (Å²) in [7, 11) is 4.34. The van der Waals surface area contributed by atoms with Crippen molar-refractivity contribution >= 4 is 16.9 Å². The van der Waals surface area contributed by atoms with Crippen molar-refractivity contribution in [3.8, 4) is 0 Å². The molecule has 0 saturated heterocycles. The van der Waals surface area contributed by atoms with E-state index in [1.165, 1.54) is 11.1 Å². The predicted octanol–water partition coefficient (Wildman–Crippen LogP) is 2.78. The molecule has 1 aromatic carbocycles. The summed E-state index contributed by atoms with van der Waals surface area (Å²) in [6.45, 7) is 2.78. The SMILES string of the molecule is Cc1nc(NCC2(N(C)C)Cc3ccccc3C2)c2cc[nH]c2n1. The third-order valence-corrected chi connectivity index (χ3v) is 5.22. The summed E-state index contributed by atoms with van der Waals surface area (Å²) in [5.74, 6) is 1.69. The molecule has 2 N–H and O–H groups in total. The van der Waals surface area contributed by atoms with E-state index in [1.807, 2.05) is 19.2 Å². The van der Waals surface area contributed by atoms with Gasteiger partial charge in [-0.15, -0.1) is 0 Å². The van der Waals surface area contributed by atoms with Gasteiger partial charge in [-0.3, -0.25) is 0 Å². The number of hydrogen-bond acceptors (Lipinski definition) is 4. The molecule has 24 heavy (non-hydrogen) atoms. The van der Waals surface area contributed by atoms with E-state index in [1.54, 1.807) is 0 Å². The Morgan fingerprint density at radius 1 is 1.12 bits per heavy atom. The summed E-state index contributed by atoms with van der Waals surface area (Å²) in [6, 6.07) is 10.8. The smallest absolute Gasteiger partial charge is 0.143 e. The third-order valence-electron chi connectivity index (χ3n) is 5.22. The number of rotatable bonds is 4. The molecule has 0 spiro atoms. The van der Waals surface area contributed by atoms with Crippen molar-refractivity contribution in [1.29, 1.82) is 0 Å². The predicted molar refractivity (Wildman–Crippen MR) is 97.4 cm³/mol. The van der Waals surface area contributed by atoms with Crippen molar-refractivity contribution in [2.24, 2.45) is 0 Å². The lowest BCUT2D eigenvalue weighted by Gasteiger charge is -2.36. The number of hydrogen-bond donors (Lipinski definition) is 2. The summed E-state index contributed by atoms with van der Waals surface area (Å²) in [5.41, 5.74) is 3.88. The Hall–Kier alpha value is -2.40. The van der Waals surface area contributed by atoms with Gasteiger partial charge in [-0.1, -0.05) is 24.3 Å². The number of aromatic amines is 1. The molecule has 1 aliphatic rings. The van der Waals surface area contributed by atoms with Crippen molar-refractivity contribution in [2.45, 2.75) is 25.3 Å². The van der Waals surface area contributed by atoms with Crippen LogP contribution in [0, 0.1) is 6.92 Å². The van der Waals surface area contributed by atoms with Crippen LogP contribution in [0.15, 0.2) is 36.5 Å². The number of benzene rings is 1. The van der Waals surface area contributed by atoms with Crippen molar-refractivity contribution < 1.29 is 0 Å². The minimum Gasteiger partial charge on any atom is -0.368 e. The second kappa shape index (κ2) is 5.60. The van der Waals surface area contributed by atoms with Gasteiger partial charge in [0.2, 0.25) is 0 Å². The lowest BCUT2D eigenvalue weighted by molar-refractivity contribution is 0.176. The molecule has 3 aromatic rings. The number of H-pyrrole nitrogens is 1. The minimum absolute atomic E-state index is 0.0746. The van der Waals surface area contributed by atoms with Crippen LogP contribution in [0.3, 0.4) is 0 Å². The molecule has 5 nitrogen and oxygen atoms in total. The summed E-state index contributed by atoms with van der Waals surface area (Å²) in [6.07, 6.45) is 4.03. The first-order valence-corrected chi connectivity index (χ1v) is 8.37. The van der Waals surface area contributed by atoms with Gasteiger partial charge < -0.3 is 15.2 Å². The number of aryl methyl sites for hydroxylation is 1. The minimum atomic E-state index is 0.0746. The maximum Gasteiger partial charge on any atom is 0.143 e. The molecule has 0 aliphatic heterocycles. The largest absolute Gasteiger partial charge is 0.368 e. The molecule has 1 aliphatic carbocycles. The fourth-order valence-electron chi connectivity index (χ4n) is 3.71. The Morgan fingerprint density at radius 2 is 1.83 bits per heavy atom. The summed E-state index contributed by atoms with van der Waals surface area (Å²) in [5, 5.41) is 4.65. The molecule has 4 rings (SSSR count). The number of likely N-dealkylation sites (N-methyl/N-ethyl adjacent to an activating group) is 1. The average molecular weight is 321 g/mol. The standard InChI is InChI=1S/C19H23N5/c1-13-22-17-16(8-9-20-17)18(23-13)21-12-19(24(2)3)10-14-6-4-5-7-15(14)11-19/h4-9H,10-12H2,1-3H3,(H2,20,21,22,23). The zero-order chi connectivity index (χ0) is 16.7. The van der Waals surface area contributed by atoms with Crippen LogP contribution < -0.4 is 5.32 Å². The van der Waals surface area contributed by atoms with Gasteiger partial charge in [0.1, 0.15) is 17.3 Å². The molecule has 0 atom stereocenters. The van der Waals surface area contributed by atoms with E-state index in [9.17, 15) is 0 Å². The van der Waals surface area contributed by atoms with Gasteiger partial charge in [0.05, 0.1) is 5.39 Å². The van der Waals surface area contributed by atoms with Crippen LogP contribution in [0.4, 0.5) is 5.82 Å². The highest BCUT2D eigenvalue weighted by molar-refractivity contribution is 5.87. The third kappa shape index (κ3) is 2.45. The van der Waals surface area contributed by atoms with Crippen LogP contribution in [0.5, 0.6) is 0 Å². The fraction of sp³-hybridized carbons (Fsp3) is 0.368. The Labute approximate surface area is 142 Å². The van der Waals surface area contributed by atoms with Gasteiger partial charge in [-0.25, -0.2) is 9.97 Å². The number of aromatic nitrogens is 3. The molecule has 0 unspecified atom stereocenters. The topological polar surface area (TPSA) is 56.8 Å². The Balaban J connectivity index is 1.62. The molecule has 0 bridgehead atoms. The van der Waals surface area contributed by atoms with Crippen LogP contribution in [0.25, 0.3) is 11.0 Å². The van der Waals surface area contributed by atoms with Crippen LogP contribution in [0.2, 0.25) is 0 Å². The van der Waals surface area contributed by atoms with Crippen LogP contribution in [-0.4, -0.2) is 46.0 Å². The van der Waals surface area contributed by atoms with E-state index < -0.39 is 0 Å². The number of nitrogens with one attached hydrogen (secondary N) is 2. The number of fused-ring (bicyclic) bond motifs is 2. The highest BCUT2D eigenvalue weighted by Crippen LogP contribution is 2.34. The summed E-state index contributed by atoms with van der Waals surface area (Å²) >= 11 is 0. The fourth-order valence-corrected chi connectivity index (χ4v) is 3.71. The van der Waals surface area contributed by atoms with Crippen molar-refractivity contribution in [3.63, 3.8) is 0 Å². The van der Waals surface area contributed by atoms with E-state index in [2.05, 4.69) is 63.5 Å². The van der Waals surface area contributed by atoms with Crippen molar-refractivity contribution in [2.75, 3.05) is 26.0 Å². The Bertz CT molecular complexity index is 855. The molecule has 0 saturated carbocycles. The molecule has 2 heterocycles. The van der Waals surface area contributed by atoms with E-state index in [4.69, 9.17) is 0 Å². The molecule has 0 radical (unpaired) electrons. The monoisotopic (exact) mass is 321 g/mol. The molecule has 124 valence electrons. The van der Waals surface area contributed by atoms with Gasteiger partial charge in [0.25, 0.3) is 0 Å². The first kappa shape index (κ1) is 15.1. The Kier molecular flexibility index (Phi) is 3.53. The molecule has 5 heteroatoms. The molecular weight excluding hydrogens is 298 g/mol. The maximum atomic E-state index is 4.61. The van der Waals surface area contributed by atoms with Gasteiger partial charge in [0.15, 0.2) is 0 Å². The van der Waals surface area contributed by atoms with Gasteiger partial charge in [-0.2, -0.15) is 0 Å². The molecular formula is C19H23N5. The summed E-state index contributed by atoms with van der Waals surface area (Å²) < 4.78 is 0. The second-order valence-electron chi connectivity index (χ2n) is 6.95. The van der Waals surface area contributed by atoms with E-state index >= 15 is 0 Å². The zero-order valence-corrected chi connectivity index (χ0v) is 14.4. The van der Waals surface area contributed by atoms with E-state index in [0.29, 0.717) is 0 Å². The zero-order valence-electron chi connectivity index (χ0n) is 14.4. The van der Waals surface area contributed by atoms with E-state index in [0.717, 1.165) is 42.1 Å². The van der Waals surface area contributed by atoms with Gasteiger partial charge in [-0.05, 0) is 51.1 Å². The molecule has 2 aromatic heterocycles. The van der Waals surface area contributed by atoms with Crippen LogP contribution >= 0.6 is 0 Å². The normalized spacial score (nSPS) is 15.8. The van der Waals surface area contributed by atoms with Crippen LogP contribution in [-0.2, 0) is 12.8 Å². The maximum absolute atomic E-state index is 4.61. The van der Waals surface area contributed by atoms with Crippen molar-refractivity contribution in [3.05, 3.63) is 53.5 Å². The lowest BCUT2D eigenvalue weighted by atomic mass is 9.94. The highest BCUT2D eigenvalue weighted by Gasteiger charge is 2.39. The molecule has 0 amide bonds. The quantitative estimate of drug-likeness (QED) is 0.776. The number of anilines is 1. The van der Waals surface area contributed by atoms with Crippen molar-refractivity contribution in [1.82, 2.24) is 19.9 Å². The Morgan fingerprint density at radius 3 is 2.50 bits per heavy atom. The van der Waals surface area contributed by atoms with Gasteiger partial charge in [0, 0.05) is 18.3 Å². The first-order chi connectivity index (χ1) is 11.6. The number of nitrogens with zero attached hydrogens (tertiary/aromatic N) is 3. The van der Waals surface area contributed by atoms with E-state index in [-0.39, 0.29) is 5.54 Å². The molecule has 0 fully saturated rings. The summed E-state index contributed by atoms with van der Waals surface area (Å²) in [4.78, 5) is 14.6. The van der Waals surface area contributed by atoms with Crippen LogP contribution in [0.1, 0.15) is 17.0 Å². The average Bonchev–Trinajstić information content (AvgIpc) is 3.16. The second-order valence-corrected chi connectivity index (χ2v) is 6.95. The van der Waals surface area contributed by atoms with Gasteiger partial charge >= 0.3 is 0 Å². The first-order valence-electron chi connectivity index (χ1n) is 8.37. The lowest BCUT2D eigenvalue weighted by Crippen LogP contribution is -2.50.